The molecule has 0 saturated heterocycles. The van der Waals surface area contributed by atoms with Gasteiger partial charge in [0, 0.05) is 12.2 Å². The Kier molecular flexibility index (Phi) is 5.79. The summed E-state index contributed by atoms with van der Waals surface area (Å²) in [7, 11) is -1.75. The van der Waals surface area contributed by atoms with Crippen LogP contribution in [0, 0.1) is 6.92 Å². The second kappa shape index (κ2) is 7.61. The van der Waals surface area contributed by atoms with Crippen LogP contribution >= 0.6 is 0 Å². The standard InChI is InChI=1S/C16H23N3O3S/c1-13-10-17-19(11-13)12-14(2)18-23(20,21)8-7-15-5-4-6-16(9-15)22-3/h4-6,9-11,14,18H,7-8,12H2,1-3H3. The summed E-state index contributed by atoms with van der Waals surface area (Å²) in [6, 6.07) is 7.23. The van der Waals surface area contributed by atoms with Gasteiger partial charge in [0.05, 0.1) is 25.6 Å². The lowest BCUT2D eigenvalue weighted by atomic mass is 10.2. The number of aromatic nitrogens is 2. The van der Waals surface area contributed by atoms with Gasteiger partial charge in [0.25, 0.3) is 0 Å². The van der Waals surface area contributed by atoms with Crippen molar-refractivity contribution in [1.29, 1.82) is 0 Å². The maximum absolute atomic E-state index is 12.2. The van der Waals surface area contributed by atoms with E-state index in [0.29, 0.717) is 13.0 Å². The number of nitrogens with zero attached hydrogens (tertiary/aromatic N) is 2. The summed E-state index contributed by atoms with van der Waals surface area (Å²) in [5, 5.41) is 4.17. The average molecular weight is 337 g/mol. The zero-order valence-corrected chi connectivity index (χ0v) is 14.5. The van der Waals surface area contributed by atoms with Crippen molar-refractivity contribution in [3.8, 4) is 5.75 Å². The summed E-state index contributed by atoms with van der Waals surface area (Å²) in [6.45, 7) is 4.29. The first-order valence-corrected chi connectivity index (χ1v) is 9.15. The van der Waals surface area contributed by atoms with Crippen molar-refractivity contribution < 1.29 is 13.2 Å². The van der Waals surface area contributed by atoms with Crippen LogP contribution in [-0.4, -0.2) is 37.1 Å². The van der Waals surface area contributed by atoms with Crippen LogP contribution in [0.5, 0.6) is 5.75 Å². The van der Waals surface area contributed by atoms with Crippen LogP contribution in [0.3, 0.4) is 0 Å². The first-order chi connectivity index (χ1) is 10.9. The molecular weight excluding hydrogens is 314 g/mol. The molecule has 1 unspecified atom stereocenters. The molecule has 1 atom stereocenters. The zero-order chi connectivity index (χ0) is 16.9. The summed E-state index contributed by atoms with van der Waals surface area (Å²) in [5.41, 5.74) is 1.99. The van der Waals surface area contributed by atoms with E-state index in [-0.39, 0.29) is 11.8 Å². The maximum atomic E-state index is 12.2. The van der Waals surface area contributed by atoms with E-state index in [1.165, 1.54) is 0 Å². The van der Waals surface area contributed by atoms with Gasteiger partial charge in [-0.2, -0.15) is 5.10 Å². The van der Waals surface area contributed by atoms with Gasteiger partial charge in [-0.05, 0) is 43.5 Å². The molecule has 0 bridgehead atoms. The average Bonchev–Trinajstić information content (AvgIpc) is 2.90. The summed E-state index contributed by atoms with van der Waals surface area (Å²) < 4.78 is 34.0. The largest absolute Gasteiger partial charge is 0.497 e. The minimum Gasteiger partial charge on any atom is -0.497 e. The van der Waals surface area contributed by atoms with Crippen LogP contribution in [0.1, 0.15) is 18.1 Å². The van der Waals surface area contributed by atoms with Crippen LogP contribution in [0.15, 0.2) is 36.7 Å². The van der Waals surface area contributed by atoms with Crippen molar-refractivity contribution in [2.24, 2.45) is 0 Å². The topological polar surface area (TPSA) is 73.2 Å². The van der Waals surface area contributed by atoms with Crippen LogP contribution in [0.25, 0.3) is 0 Å². The molecular formula is C16H23N3O3S. The van der Waals surface area contributed by atoms with E-state index in [2.05, 4.69) is 9.82 Å². The van der Waals surface area contributed by atoms with Gasteiger partial charge < -0.3 is 4.74 Å². The summed E-state index contributed by atoms with van der Waals surface area (Å²) in [6.07, 6.45) is 4.09. The summed E-state index contributed by atoms with van der Waals surface area (Å²) in [5.74, 6) is 0.776. The first kappa shape index (κ1) is 17.5. The second-order valence-electron chi connectivity index (χ2n) is 5.68. The van der Waals surface area contributed by atoms with Gasteiger partial charge in [0.15, 0.2) is 0 Å². The van der Waals surface area contributed by atoms with Gasteiger partial charge in [-0.15, -0.1) is 0 Å². The molecule has 1 aromatic heterocycles. The van der Waals surface area contributed by atoms with E-state index in [1.54, 1.807) is 18.0 Å². The van der Waals surface area contributed by atoms with Gasteiger partial charge in [0.1, 0.15) is 5.75 Å². The third-order valence-electron chi connectivity index (χ3n) is 3.40. The quantitative estimate of drug-likeness (QED) is 0.796. The number of hydrogen-bond donors (Lipinski definition) is 1. The maximum Gasteiger partial charge on any atom is 0.212 e. The SMILES string of the molecule is COc1cccc(CCS(=O)(=O)NC(C)Cn2cc(C)cn2)c1. The number of methoxy groups -OCH3 is 1. The van der Waals surface area contributed by atoms with Crippen molar-refractivity contribution in [3.63, 3.8) is 0 Å². The van der Waals surface area contributed by atoms with Crippen molar-refractivity contribution in [3.05, 3.63) is 47.8 Å². The highest BCUT2D eigenvalue weighted by Crippen LogP contribution is 2.13. The van der Waals surface area contributed by atoms with Gasteiger partial charge in [-0.1, -0.05) is 12.1 Å². The van der Waals surface area contributed by atoms with Crippen LogP contribution < -0.4 is 9.46 Å². The molecule has 0 radical (unpaired) electrons. The van der Waals surface area contributed by atoms with Crippen molar-refractivity contribution in [1.82, 2.24) is 14.5 Å². The molecule has 6 nitrogen and oxygen atoms in total. The lowest BCUT2D eigenvalue weighted by Crippen LogP contribution is -2.37. The normalized spacial score (nSPS) is 13.0. The van der Waals surface area contributed by atoms with Gasteiger partial charge in [-0.25, -0.2) is 13.1 Å². The Morgan fingerprint density at radius 2 is 2.17 bits per heavy atom. The molecule has 23 heavy (non-hydrogen) atoms. The van der Waals surface area contributed by atoms with Crippen molar-refractivity contribution in [2.45, 2.75) is 32.9 Å². The van der Waals surface area contributed by atoms with E-state index in [1.807, 2.05) is 44.3 Å². The van der Waals surface area contributed by atoms with E-state index in [0.717, 1.165) is 16.9 Å². The predicted molar refractivity (Wildman–Crippen MR) is 90.0 cm³/mol. The molecule has 2 rings (SSSR count). The van der Waals surface area contributed by atoms with Gasteiger partial charge in [0.2, 0.25) is 10.0 Å². The Hall–Kier alpha value is -1.86. The third kappa shape index (κ3) is 5.69. The third-order valence-corrected chi connectivity index (χ3v) is 4.90. The van der Waals surface area contributed by atoms with Crippen molar-refractivity contribution >= 4 is 10.0 Å². The monoisotopic (exact) mass is 337 g/mol. The molecule has 0 amide bonds. The molecule has 7 heteroatoms. The van der Waals surface area contributed by atoms with Gasteiger partial charge in [-0.3, -0.25) is 4.68 Å². The molecule has 0 saturated carbocycles. The number of ether oxygens (including phenoxy) is 1. The minimum atomic E-state index is -3.34. The Labute approximate surface area is 137 Å². The fourth-order valence-corrected chi connectivity index (χ4v) is 3.64. The predicted octanol–water partition coefficient (Wildman–Crippen LogP) is 1.75. The fourth-order valence-electron chi connectivity index (χ4n) is 2.33. The van der Waals surface area contributed by atoms with E-state index < -0.39 is 10.0 Å². The molecule has 0 aliphatic heterocycles. The van der Waals surface area contributed by atoms with E-state index in [4.69, 9.17) is 4.74 Å². The molecule has 2 aromatic rings. The molecule has 1 aromatic carbocycles. The molecule has 0 aliphatic carbocycles. The molecule has 126 valence electrons. The number of rotatable bonds is 8. The van der Waals surface area contributed by atoms with E-state index >= 15 is 0 Å². The number of hydrogen-bond acceptors (Lipinski definition) is 4. The van der Waals surface area contributed by atoms with Crippen LogP contribution in [0.2, 0.25) is 0 Å². The highest BCUT2D eigenvalue weighted by molar-refractivity contribution is 7.89. The number of aryl methyl sites for hydroxylation is 2. The fraction of sp³-hybridized carbons (Fsp3) is 0.438. The molecule has 1 N–H and O–H groups in total. The molecule has 0 fully saturated rings. The first-order valence-electron chi connectivity index (χ1n) is 7.50. The number of nitrogens with one attached hydrogen (secondary N) is 1. The Bertz CT molecular complexity index is 741. The highest BCUT2D eigenvalue weighted by Gasteiger charge is 2.15. The van der Waals surface area contributed by atoms with Crippen LogP contribution in [-0.2, 0) is 23.0 Å². The van der Waals surface area contributed by atoms with E-state index in [9.17, 15) is 8.42 Å². The lowest BCUT2D eigenvalue weighted by Gasteiger charge is -2.14. The summed E-state index contributed by atoms with van der Waals surface area (Å²) >= 11 is 0. The minimum absolute atomic E-state index is 0.0443. The Morgan fingerprint density at radius 1 is 1.39 bits per heavy atom. The zero-order valence-electron chi connectivity index (χ0n) is 13.7. The highest BCUT2D eigenvalue weighted by atomic mass is 32.2. The number of sulfonamides is 1. The van der Waals surface area contributed by atoms with Gasteiger partial charge >= 0.3 is 0 Å². The lowest BCUT2D eigenvalue weighted by molar-refractivity contribution is 0.414. The smallest absolute Gasteiger partial charge is 0.212 e. The molecule has 0 spiro atoms. The Morgan fingerprint density at radius 3 is 2.83 bits per heavy atom. The molecule has 1 heterocycles. The van der Waals surface area contributed by atoms with Crippen LogP contribution in [0.4, 0.5) is 0 Å². The Balaban J connectivity index is 1.88. The van der Waals surface area contributed by atoms with Crippen molar-refractivity contribution in [2.75, 3.05) is 12.9 Å². The molecule has 0 aliphatic rings. The summed E-state index contributed by atoms with van der Waals surface area (Å²) in [4.78, 5) is 0. The second-order valence-corrected chi connectivity index (χ2v) is 7.55. The number of benzene rings is 1.